The highest BCUT2D eigenvalue weighted by Crippen LogP contribution is 2.39. The van der Waals surface area contributed by atoms with Crippen LogP contribution in [0.1, 0.15) is 44.9 Å². The van der Waals surface area contributed by atoms with Crippen molar-refractivity contribution in [3.63, 3.8) is 0 Å². The second-order valence-electron chi connectivity index (χ2n) is 6.17. The average Bonchev–Trinajstić information content (AvgIpc) is 2.96. The molecule has 7 nitrogen and oxygen atoms in total. The van der Waals surface area contributed by atoms with E-state index in [1.54, 1.807) is 0 Å². The van der Waals surface area contributed by atoms with Gasteiger partial charge in [-0.25, -0.2) is 0 Å². The zero-order chi connectivity index (χ0) is 14.1. The van der Waals surface area contributed by atoms with E-state index in [2.05, 4.69) is 25.9 Å². The van der Waals surface area contributed by atoms with E-state index in [1.807, 2.05) is 12.1 Å². The van der Waals surface area contributed by atoms with Crippen LogP contribution in [0.4, 0.5) is 5.82 Å². The van der Waals surface area contributed by atoms with Gasteiger partial charge in [0.2, 0.25) is 0 Å². The monoisotopic (exact) mass is 288 g/mol. The van der Waals surface area contributed by atoms with E-state index in [-0.39, 0.29) is 5.60 Å². The number of nitrogens with one attached hydrogen (secondary N) is 1. The molecule has 1 spiro atoms. The van der Waals surface area contributed by atoms with Crippen molar-refractivity contribution in [1.29, 1.82) is 0 Å². The standard InChI is InChI=1S/C14H20N6O/c1-2-7-14(8-3-1)10-11(6-9-21-14)15-12-4-5-13-16-18-19-20(13)17-12/h4-5,11H,1-3,6-10H2,(H,15,17). The molecule has 2 fully saturated rings. The molecule has 112 valence electrons. The highest BCUT2D eigenvalue weighted by molar-refractivity contribution is 5.42. The van der Waals surface area contributed by atoms with Crippen molar-refractivity contribution in [2.75, 3.05) is 11.9 Å². The molecule has 7 heteroatoms. The van der Waals surface area contributed by atoms with Gasteiger partial charge < -0.3 is 10.1 Å². The molecule has 0 bridgehead atoms. The normalized spacial score (nSPS) is 25.2. The lowest BCUT2D eigenvalue weighted by molar-refractivity contribution is -0.103. The Morgan fingerprint density at radius 2 is 2.14 bits per heavy atom. The zero-order valence-corrected chi connectivity index (χ0v) is 12.0. The van der Waals surface area contributed by atoms with E-state index in [9.17, 15) is 0 Å². The predicted octanol–water partition coefficient (Wildman–Crippen LogP) is 1.81. The Morgan fingerprint density at radius 1 is 1.24 bits per heavy atom. The first kappa shape index (κ1) is 12.9. The van der Waals surface area contributed by atoms with Crippen LogP contribution in [0.3, 0.4) is 0 Å². The molecule has 2 aromatic rings. The van der Waals surface area contributed by atoms with Gasteiger partial charge in [0.15, 0.2) is 5.65 Å². The Labute approximate surface area is 123 Å². The van der Waals surface area contributed by atoms with E-state index in [0.29, 0.717) is 11.7 Å². The number of aromatic nitrogens is 5. The first-order valence-corrected chi connectivity index (χ1v) is 7.79. The molecule has 3 heterocycles. The van der Waals surface area contributed by atoms with E-state index in [0.717, 1.165) is 25.3 Å². The number of rotatable bonds is 2. The summed E-state index contributed by atoms with van der Waals surface area (Å²) in [4.78, 5) is 0. The van der Waals surface area contributed by atoms with Gasteiger partial charge in [-0.1, -0.05) is 19.3 Å². The van der Waals surface area contributed by atoms with Gasteiger partial charge in [-0.3, -0.25) is 0 Å². The third-order valence-corrected chi connectivity index (χ3v) is 4.68. The fraction of sp³-hybridized carbons (Fsp3) is 0.714. The third kappa shape index (κ3) is 2.57. The Morgan fingerprint density at radius 3 is 3.05 bits per heavy atom. The molecule has 21 heavy (non-hydrogen) atoms. The number of hydrogen-bond donors (Lipinski definition) is 1. The average molecular weight is 288 g/mol. The zero-order valence-electron chi connectivity index (χ0n) is 12.0. The van der Waals surface area contributed by atoms with E-state index < -0.39 is 0 Å². The molecule has 2 aliphatic rings. The van der Waals surface area contributed by atoms with Gasteiger partial charge in [0.05, 0.1) is 5.60 Å². The predicted molar refractivity (Wildman–Crippen MR) is 77.0 cm³/mol. The summed E-state index contributed by atoms with van der Waals surface area (Å²) >= 11 is 0. The molecule has 4 rings (SSSR count). The maximum atomic E-state index is 6.13. The van der Waals surface area contributed by atoms with Crippen molar-refractivity contribution in [3.05, 3.63) is 12.1 Å². The van der Waals surface area contributed by atoms with Crippen LogP contribution >= 0.6 is 0 Å². The number of tetrazole rings is 1. The highest BCUT2D eigenvalue weighted by Gasteiger charge is 2.38. The summed E-state index contributed by atoms with van der Waals surface area (Å²) < 4.78 is 7.59. The maximum Gasteiger partial charge on any atom is 0.200 e. The molecule has 1 aliphatic heterocycles. The molecule has 2 aromatic heterocycles. The van der Waals surface area contributed by atoms with E-state index >= 15 is 0 Å². The number of anilines is 1. The Balaban J connectivity index is 1.48. The second-order valence-corrected chi connectivity index (χ2v) is 6.17. The van der Waals surface area contributed by atoms with Crippen molar-refractivity contribution in [2.45, 2.75) is 56.6 Å². The maximum absolute atomic E-state index is 6.13. The summed E-state index contributed by atoms with van der Waals surface area (Å²) in [5, 5.41) is 19.2. The lowest BCUT2D eigenvalue weighted by Gasteiger charge is -2.43. The Hall–Kier alpha value is -1.76. The fourth-order valence-electron chi connectivity index (χ4n) is 3.63. The molecular formula is C14H20N6O. The number of hydrogen-bond acceptors (Lipinski definition) is 6. The van der Waals surface area contributed by atoms with Crippen LogP contribution in [0.5, 0.6) is 0 Å². The van der Waals surface area contributed by atoms with Crippen molar-refractivity contribution in [3.8, 4) is 0 Å². The van der Waals surface area contributed by atoms with Crippen LogP contribution in [0.2, 0.25) is 0 Å². The van der Waals surface area contributed by atoms with Crippen LogP contribution in [0.15, 0.2) is 12.1 Å². The quantitative estimate of drug-likeness (QED) is 0.908. The van der Waals surface area contributed by atoms with Crippen LogP contribution in [0.25, 0.3) is 5.65 Å². The van der Waals surface area contributed by atoms with Gasteiger partial charge in [-0.15, -0.1) is 14.8 Å². The fourth-order valence-corrected chi connectivity index (χ4v) is 3.63. The molecule has 1 atom stereocenters. The minimum atomic E-state index is 0.104. The Kier molecular flexibility index (Phi) is 3.21. The molecule has 0 amide bonds. The molecule has 1 saturated heterocycles. The Bertz CT molecular complexity index is 615. The van der Waals surface area contributed by atoms with Gasteiger partial charge in [0, 0.05) is 12.6 Å². The van der Waals surface area contributed by atoms with Crippen LogP contribution in [0, 0.1) is 0 Å². The molecule has 1 N–H and O–H groups in total. The van der Waals surface area contributed by atoms with Gasteiger partial charge >= 0.3 is 0 Å². The highest BCUT2D eigenvalue weighted by atomic mass is 16.5. The van der Waals surface area contributed by atoms with Crippen LogP contribution < -0.4 is 5.32 Å². The summed E-state index contributed by atoms with van der Waals surface area (Å²) in [7, 11) is 0. The summed E-state index contributed by atoms with van der Waals surface area (Å²) in [6, 6.07) is 4.23. The lowest BCUT2D eigenvalue weighted by Crippen LogP contribution is -2.45. The first-order valence-electron chi connectivity index (χ1n) is 7.79. The van der Waals surface area contributed by atoms with Crippen molar-refractivity contribution in [1.82, 2.24) is 25.3 Å². The number of nitrogens with zero attached hydrogens (tertiary/aromatic N) is 5. The first-order chi connectivity index (χ1) is 10.3. The molecule has 0 aromatic carbocycles. The third-order valence-electron chi connectivity index (χ3n) is 4.68. The van der Waals surface area contributed by atoms with E-state index in [4.69, 9.17) is 4.74 Å². The molecule has 1 saturated carbocycles. The van der Waals surface area contributed by atoms with Crippen LogP contribution in [-0.4, -0.2) is 43.5 Å². The largest absolute Gasteiger partial charge is 0.375 e. The van der Waals surface area contributed by atoms with Gasteiger partial charge in [-0.2, -0.15) is 0 Å². The summed E-state index contributed by atoms with van der Waals surface area (Å²) in [5.74, 6) is 0.827. The summed E-state index contributed by atoms with van der Waals surface area (Å²) in [6.45, 7) is 0.838. The van der Waals surface area contributed by atoms with Gasteiger partial charge in [0.1, 0.15) is 5.82 Å². The minimum absolute atomic E-state index is 0.104. The molecule has 1 unspecified atom stereocenters. The second kappa shape index (κ2) is 5.22. The SMILES string of the molecule is c1cc2nnnn2nc1NC1CCOC2(CCCCC2)C1. The molecule has 1 aliphatic carbocycles. The smallest absolute Gasteiger partial charge is 0.200 e. The van der Waals surface area contributed by atoms with Gasteiger partial charge in [-0.05, 0) is 48.2 Å². The van der Waals surface area contributed by atoms with Crippen molar-refractivity contribution < 1.29 is 4.74 Å². The van der Waals surface area contributed by atoms with Gasteiger partial charge in [0.25, 0.3) is 0 Å². The van der Waals surface area contributed by atoms with Crippen molar-refractivity contribution >= 4 is 11.5 Å². The summed E-state index contributed by atoms with van der Waals surface area (Å²) in [5.41, 5.74) is 0.767. The van der Waals surface area contributed by atoms with E-state index in [1.165, 1.54) is 36.7 Å². The number of fused-ring (bicyclic) bond motifs is 1. The number of ether oxygens (including phenoxy) is 1. The molecule has 0 radical (unpaired) electrons. The van der Waals surface area contributed by atoms with Crippen molar-refractivity contribution in [2.24, 2.45) is 0 Å². The van der Waals surface area contributed by atoms with Crippen LogP contribution in [-0.2, 0) is 4.74 Å². The summed E-state index contributed by atoms with van der Waals surface area (Å²) in [6.07, 6.45) is 8.43. The topological polar surface area (TPSA) is 77.2 Å². The molecular weight excluding hydrogens is 268 g/mol. The lowest BCUT2D eigenvalue weighted by atomic mass is 9.78. The minimum Gasteiger partial charge on any atom is -0.375 e.